The highest BCUT2D eigenvalue weighted by atomic mass is 35.5. The molecule has 0 saturated carbocycles. The Bertz CT molecular complexity index is 1460. The van der Waals surface area contributed by atoms with Crippen molar-refractivity contribution in [2.45, 2.75) is 6.54 Å². The molecule has 0 radical (unpaired) electrons. The second kappa shape index (κ2) is 8.81. The van der Waals surface area contributed by atoms with Gasteiger partial charge in [-0.1, -0.05) is 35.3 Å². The van der Waals surface area contributed by atoms with Crippen LogP contribution in [0.15, 0.2) is 75.3 Å². The molecule has 0 saturated heterocycles. The molecule has 11 heteroatoms. The minimum absolute atomic E-state index is 0.0729. The van der Waals surface area contributed by atoms with Crippen molar-refractivity contribution in [1.29, 1.82) is 0 Å². The topological polar surface area (TPSA) is 99.0 Å². The number of aromatic nitrogens is 4. The number of rotatable bonds is 5. The van der Waals surface area contributed by atoms with Gasteiger partial charge in [-0.25, -0.2) is 9.18 Å². The van der Waals surface area contributed by atoms with Crippen LogP contribution in [-0.4, -0.2) is 19.3 Å². The van der Waals surface area contributed by atoms with Crippen molar-refractivity contribution in [3.8, 4) is 17.2 Å². The van der Waals surface area contributed by atoms with E-state index in [4.69, 9.17) is 27.9 Å². The standard InChI is InChI=1S/C21H13Cl2FN4O4/c22-16-7-14(28-21(31)26-18(29)9-25-28)8-17(23)20(16)32-15-5-6-19(30)27(11-15)10-12-1-3-13(24)4-2-12/h1-9,11H,10H2,(H,26,29,31). The predicted molar refractivity (Wildman–Crippen MR) is 117 cm³/mol. The molecule has 32 heavy (non-hydrogen) atoms. The van der Waals surface area contributed by atoms with E-state index in [1.807, 2.05) is 0 Å². The van der Waals surface area contributed by atoms with Crippen LogP contribution in [0, 0.1) is 5.82 Å². The molecule has 0 fully saturated rings. The third-order valence-electron chi connectivity index (χ3n) is 4.38. The minimum atomic E-state index is -0.758. The molecular formula is C21H13Cl2FN4O4. The van der Waals surface area contributed by atoms with E-state index in [1.165, 1.54) is 47.2 Å². The van der Waals surface area contributed by atoms with Crippen molar-refractivity contribution in [2.75, 3.05) is 0 Å². The Kier molecular flexibility index (Phi) is 5.93. The van der Waals surface area contributed by atoms with Crippen LogP contribution in [0.3, 0.4) is 0 Å². The molecule has 0 unspecified atom stereocenters. The van der Waals surface area contributed by atoms with Gasteiger partial charge in [-0.3, -0.25) is 14.6 Å². The van der Waals surface area contributed by atoms with Gasteiger partial charge in [-0.05, 0) is 35.9 Å². The largest absolute Gasteiger partial charge is 0.453 e. The lowest BCUT2D eigenvalue weighted by Gasteiger charge is -2.13. The molecule has 2 heterocycles. The Hall–Kier alpha value is -3.69. The number of halogens is 3. The molecule has 2 aromatic heterocycles. The molecule has 2 aromatic carbocycles. The maximum atomic E-state index is 13.1. The van der Waals surface area contributed by atoms with Crippen molar-refractivity contribution in [1.82, 2.24) is 19.3 Å². The fourth-order valence-electron chi connectivity index (χ4n) is 2.90. The molecule has 0 amide bonds. The smallest absolute Gasteiger partial charge is 0.349 e. The molecule has 4 aromatic rings. The Morgan fingerprint density at radius 2 is 1.69 bits per heavy atom. The van der Waals surface area contributed by atoms with Gasteiger partial charge >= 0.3 is 5.69 Å². The van der Waals surface area contributed by atoms with Crippen LogP contribution in [0.2, 0.25) is 10.0 Å². The van der Waals surface area contributed by atoms with Crippen LogP contribution in [0.1, 0.15) is 5.56 Å². The molecule has 1 N–H and O–H groups in total. The van der Waals surface area contributed by atoms with Crippen molar-refractivity contribution < 1.29 is 9.13 Å². The zero-order valence-corrected chi connectivity index (χ0v) is 17.6. The highest BCUT2D eigenvalue weighted by Crippen LogP contribution is 2.37. The van der Waals surface area contributed by atoms with E-state index in [0.29, 0.717) is 0 Å². The van der Waals surface area contributed by atoms with Crippen molar-refractivity contribution >= 4 is 23.2 Å². The number of hydrogen-bond donors (Lipinski definition) is 1. The molecule has 0 spiro atoms. The Morgan fingerprint density at radius 1 is 1.00 bits per heavy atom. The monoisotopic (exact) mass is 474 g/mol. The van der Waals surface area contributed by atoms with Gasteiger partial charge in [0.25, 0.3) is 11.1 Å². The number of ether oxygens (including phenoxy) is 1. The van der Waals surface area contributed by atoms with Gasteiger partial charge < -0.3 is 9.30 Å². The van der Waals surface area contributed by atoms with Crippen molar-refractivity contribution in [2.24, 2.45) is 0 Å². The first kappa shape index (κ1) is 21.5. The average Bonchev–Trinajstić information content (AvgIpc) is 2.74. The quantitative estimate of drug-likeness (QED) is 0.478. The highest BCUT2D eigenvalue weighted by Gasteiger charge is 2.14. The number of nitrogens with zero attached hydrogens (tertiary/aromatic N) is 3. The average molecular weight is 475 g/mol. The SMILES string of the molecule is O=c1cnn(-c2cc(Cl)c(Oc3ccc(=O)n(Cc4ccc(F)cc4)c3)c(Cl)c2)c(=O)[nH]1. The third kappa shape index (κ3) is 4.63. The summed E-state index contributed by atoms with van der Waals surface area (Å²) in [7, 11) is 0. The van der Waals surface area contributed by atoms with Crippen LogP contribution in [0.4, 0.5) is 4.39 Å². The number of pyridine rings is 1. The summed E-state index contributed by atoms with van der Waals surface area (Å²) in [6, 6.07) is 11.3. The second-order valence-corrected chi connectivity index (χ2v) is 7.46. The van der Waals surface area contributed by atoms with E-state index in [9.17, 15) is 18.8 Å². The first-order chi connectivity index (χ1) is 15.3. The van der Waals surface area contributed by atoms with Crippen LogP contribution in [0.25, 0.3) is 5.69 Å². The summed E-state index contributed by atoms with van der Waals surface area (Å²) in [5, 5.41) is 3.90. The number of nitrogens with one attached hydrogen (secondary N) is 1. The van der Waals surface area contributed by atoms with Crippen LogP contribution >= 0.6 is 23.2 Å². The summed E-state index contributed by atoms with van der Waals surface area (Å²) in [5.41, 5.74) is -0.733. The molecule has 0 aliphatic carbocycles. The van der Waals surface area contributed by atoms with Crippen molar-refractivity contribution in [3.05, 3.63) is 114 Å². The van der Waals surface area contributed by atoms with Gasteiger partial charge in [0.2, 0.25) is 0 Å². The summed E-state index contributed by atoms with van der Waals surface area (Å²) in [4.78, 5) is 37.4. The van der Waals surface area contributed by atoms with Gasteiger partial charge in [0.1, 0.15) is 17.8 Å². The maximum absolute atomic E-state index is 13.1. The third-order valence-corrected chi connectivity index (χ3v) is 4.94. The Balaban J connectivity index is 1.64. The Morgan fingerprint density at radius 3 is 2.34 bits per heavy atom. The Labute approximate surface area is 189 Å². The van der Waals surface area contributed by atoms with Gasteiger partial charge in [0.15, 0.2) is 5.75 Å². The van der Waals surface area contributed by atoms with Crippen LogP contribution in [0.5, 0.6) is 11.5 Å². The van der Waals surface area contributed by atoms with E-state index >= 15 is 0 Å². The lowest BCUT2D eigenvalue weighted by atomic mass is 10.2. The molecule has 0 bridgehead atoms. The fraction of sp³-hybridized carbons (Fsp3) is 0.0476. The van der Waals surface area contributed by atoms with Gasteiger partial charge in [-0.15, -0.1) is 0 Å². The minimum Gasteiger partial charge on any atom is -0.453 e. The molecule has 4 rings (SSSR count). The second-order valence-electron chi connectivity index (χ2n) is 6.65. The summed E-state index contributed by atoms with van der Waals surface area (Å²) in [6.45, 7) is 0.206. The normalized spacial score (nSPS) is 10.8. The molecule has 162 valence electrons. The summed E-state index contributed by atoms with van der Waals surface area (Å²) >= 11 is 12.6. The van der Waals surface area contributed by atoms with Crippen molar-refractivity contribution in [3.63, 3.8) is 0 Å². The lowest BCUT2D eigenvalue weighted by molar-refractivity contribution is 0.474. The van der Waals surface area contributed by atoms with Gasteiger partial charge in [0.05, 0.1) is 28.5 Å². The van der Waals surface area contributed by atoms with Crippen LogP contribution in [-0.2, 0) is 6.54 Å². The molecular weight excluding hydrogens is 462 g/mol. The maximum Gasteiger partial charge on any atom is 0.349 e. The summed E-state index contributed by atoms with van der Waals surface area (Å²) < 4.78 is 21.2. The summed E-state index contributed by atoms with van der Waals surface area (Å²) in [5.74, 6) is 0.00867. The highest BCUT2D eigenvalue weighted by molar-refractivity contribution is 6.37. The number of H-pyrrole nitrogens is 1. The van der Waals surface area contributed by atoms with E-state index in [1.54, 1.807) is 12.1 Å². The molecule has 0 atom stereocenters. The number of benzene rings is 2. The van der Waals surface area contributed by atoms with Gasteiger partial charge in [0, 0.05) is 6.07 Å². The predicted octanol–water partition coefficient (Wildman–Crippen LogP) is 3.37. The van der Waals surface area contributed by atoms with E-state index in [-0.39, 0.29) is 45.2 Å². The zero-order valence-electron chi connectivity index (χ0n) is 16.1. The molecule has 8 nitrogen and oxygen atoms in total. The summed E-state index contributed by atoms with van der Waals surface area (Å²) in [6.07, 6.45) is 2.41. The fourth-order valence-corrected chi connectivity index (χ4v) is 3.45. The van der Waals surface area contributed by atoms with E-state index in [2.05, 4.69) is 10.1 Å². The first-order valence-electron chi connectivity index (χ1n) is 9.11. The van der Waals surface area contributed by atoms with Gasteiger partial charge in [-0.2, -0.15) is 9.78 Å². The van der Waals surface area contributed by atoms with E-state index < -0.39 is 11.2 Å². The molecule has 0 aliphatic rings. The lowest BCUT2D eigenvalue weighted by Crippen LogP contribution is -2.30. The number of aromatic amines is 1. The van der Waals surface area contributed by atoms with E-state index in [0.717, 1.165) is 16.4 Å². The number of hydrogen-bond acceptors (Lipinski definition) is 5. The first-order valence-corrected chi connectivity index (χ1v) is 9.86. The molecule has 0 aliphatic heterocycles. The van der Waals surface area contributed by atoms with Crippen LogP contribution < -0.4 is 21.5 Å². The zero-order chi connectivity index (χ0) is 22.8.